The summed E-state index contributed by atoms with van der Waals surface area (Å²) in [6.07, 6.45) is 0. The smallest absolute Gasteiger partial charge is 0.374 e. The first-order valence-corrected chi connectivity index (χ1v) is 7.83. The number of hydrogen-bond acceptors (Lipinski definition) is 6. The molecule has 0 amide bonds. The third-order valence-corrected chi connectivity index (χ3v) is 3.87. The van der Waals surface area contributed by atoms with Gasteiger partial charge in [-0.1, -0.05) is 30.3 Å². The fraction of sp³-hybridized carbons (Fsp3) is 0.0500. The summed E-state index contributed by atoms with van der Waals surface area (Å²) in [6.45, 7) is -0.519. The summed E-state index contributed by atoms with van der Waals surface area (Å²) in [5, 5.41) is 1.14. The molecule has 0 fully saturated rings. The van der Waals surface area contributed by atoms with Crippen LogP contribution in [0.1, 0.15) is 21.1 Å². The van der Waals surface area contributed by atoms with Gasteiger partial charge >= 0.3 is 5.97 Å². The van der Waals surface area contributed by atoms with E-state index in [1.807, 2.05) is 12.1 Å². The highest BCUT2D eigenvalue weighted by molar-refractivity contribution is 6.00. The molecule has 2 aromatic carbocycles. The second-order valence-electron chi connectivity index (χ2n) is 5.62. The van der Waals surface area contributed by atoms with Gasteiger partial charge in [0, 0.05) is 11.5 Å². The van der Waals surface area contributed by atoms with Crippen molar-refractivity contribution in [2.75, 3.05) is 6.61 Å². The van der Waals surface area contributed by atoms with E-state index in [0.717, 1.165) is 11.5 Å². The summed E-state index contributed by atoms with van der Waals surface area (Å²) in [7, 11) is 0. The summed E-state index contributed by atoms with van der Waals surface area (Å²) in [5.74, 6) is -1.54. The number of para-hydroxylation sites is 2. The van der Waals surface area contributed by atoms with Gasteiger partial charge in [0.2, 0.25) is 11.5 Å². The molecule has 0 radical (unpaired) electrons. The van der Waals surface area contributed by atoms with Crippen molar-refractivity contribution in [1.82, 2.24) is 0 Å². The fourth-order valence-corrected chi connectivity index (χ4v) is 2.60. The van der Waals surface area contributed by atoms with E-state index < -0.39 is 18.4 Å². The molecule has 0 spiro atoms. The second-order valence-corrected chi connectivity index (χ2v) is 5.62. The molecule has 128 valence electrons. The second kappa shape index (κ2) is 6.33. The van der Waals surface area contributed by atoms with E-state index >= 15 is 0 Å². The third-order valence-electron chi connectivity index (χ3n) is 3.87. The Kier molecular flexibility index (Phi) is 3.85. The van der Waals surface area contributed by atoms with Gasteiger partial charge in [-0.25, -0.2) is 4.79 Å². The van der Waals surface area contributed by atoms with Crippen molar-refractivity contribution in [1.29, 1.82) is 0 Å². The quantitative estimate of drug-likeness (QED) is 0.414. The number of rotatable bonds is 4. The number of Topliss-reactive ketones (excluding diaryl/α,β-unsaturated/α-hetero) is 1. The largest absolute Gasteiger partial charge is 0.453 e. The number of ketones is 1. The minimum absolute atomic E-state index is 0.0963. The lowest BCUT2D eigenvalue weighted by molar-refractivity contribution is 0.0438. The van der Waals surface area contributed by atoms with Crippen LogP contribution in [-0.2, 0) is 4.74 Å². The number of hydrogen-bond donors (Lipinski definition) is 0. The van der Waals surface area contributed by atoms with Gasteiger partial charge in [-0.3, -0.25) is 9.59 Å². The van der Waals surface area contributed by atoms with E-state index in [0.29, 0.717) is 11.0 Å². The van der Waals surface area contributed by atoms with Crippen LogP contribution in [0.3, 0.4) is 0 Å². The number of furan rings is 1. The van der Waals surface area contributed by atoms with Crippen LogP contribution in [0.15, 0.2) is 74.3 Å². The highest BCUT2D eigenvalue weighted by Gasteiger charge is 2.18. The molecule has 2 heterocycles. The molecule has 0 saturated carbocycles. The van der Waals surface area contributed by atoms with Gasteiger partial charge in [0.25, 0.3) is 0 Å². The Morgan fingerprint density at radius 2 is 1.54 bits per heavy atom. The maximum absolute atomic E-state index is 12.2. The SMILES string of the molecule is O=C(COC(=O)c1cc(=O)c2ccccc2o1)c1cc2ccccc2o1. The van der Waals surface area contributed by atoms with Crippen molar-refractivity contribution in [2.45, 2.75) is 0 Å². The molecule has 6 heteroatoms. The molecule has 0 bridgehead atoms. The van der Waals surface area contributed by atoms with E-state index in [9.17, 15) is 14.4 Å². The van der Waals surface area contributed by atoms with Crippen LogP contribution in [0.25, 0.3) is 21.9 Å². The van der Waals surface area contributed by atoms with Crippen LogP contribution in [0, 0.1) is 0 Å². The molecule has 0 atom stereocenters. The Morgan fingerprint density at radius 1 is 0.846 bits per heavy atom. The number of fused-ring (bicyclic) bond motifs is 2. The average Bonchev–Trinajstić information content (AvgIpc) is 3.10. The Bertz CT molecular complexity index is 1160. The first-order valence-electron chi connectivity index (χ1n) is 7.83. The Morgan fingerprint density at radius 3 is 2.35 bits per heavy atom. The van der Waals surface area contributed by atoms with Gasteiger partial charge in [-0.2, -0.15) is 0 Å². The Hall–Kier alpha value is -3.67. The fourth-order valence-electron chi connectivity index (χ4n) is 2.60. The highest BCUT2D eigenvalue weighted by atomic mass is 16.5. The third kappa shape index (κ3) is 2.88. The van der Waals surface area contributed by atoms with Crippen LogP contribution in [-0.4, -0.2) is 18.4 Å². The number of carbonyl (C=O) groups is 2. The average molecular weight is 348 g/mol. The minimum atomic E-state index is -0.891. The topological polar surface area (TPSA) is 86.7 Å². The van der Waals surface area contributed by atoms with E-state index in [2.05, 4.69) is 0 Å². The number of ether oxygens (including phenoxy) is 1. The maximum atomic E-state index is 12.2. The molecule has 4 rings (SSSR count). The Balaban J connectivity index is 1.51. The van der Waals surface area contributed by atoms with Gasteiger partial charge in [-0.05, 0) is 24.3 Å². The number of esters is 1. The van der Waals surface area contributed by atoms with Gasteiger partial charge in [0.1, 0.15) is 11.2 Å². The van der Waals surface area contributed by atoms with Crippen LogP contribution >= 0.6 is 0 Å². The summed E-state index contributed by atoms with van der Waals surface area (Å²) in [4.78, 5) is 36.3. The predicted octanol–water partition coefficient (Wildman–Crippen LogP) is 3.58. The first-order chi connectivity index (χ1) is 12.6. The van der Waals surface area contributed by atoms with Crippen molar-refractivity contribution in [3.8, 4) is 0 Å². The number of carbonyl (C=O) groups excluding carboxylic acids is 2. The zero-order valence-corrected chi connectivity index (χ0v) is 13.4. The molecule has 0 saturated heterocycles. The van der Waals surface area contributed by atoms with Gasteiger partial charge in [0.05, 0.1) is 5.39 Å². The van der Waals surface area contributed by atoms with Crippen LogP contribution in [0.5, 0.6) is 0 Å². The summed E-state index contributed by atoms with van der Waals surface area (Å²) in [5.41, 5.74) is 0.487. The molecule has 0 N–H and O–H groups in total. The maximum Gasteiger partial charge on any atom is 0.374 e. The van der Waals surface area contributed by atoms with Gasteiger partial charge < -0.3 is 13.6 Å². The first kappa shape index (κ1) is 15.8. The normalized spacial score (nSPS) is 10.9. The van der Waals surface area contributed by atoms with Crippen LogP contribution in [0.2, 0.25) is 0 Å². The monoisotopic (exact) mass is 348 g/mol. The number of benzene rings is 2. The van der Waals surface area contributed by atoms with Crippen molar-refractivity contribution in [2.24, 2.45) is 0 Å². The predicted molar refractivity (Wildman–Crippen MR) is 93.3 cm³/mol. The zero-order chi connectivity index (χ0) is 18.1. The van der Waals surface area contributed by atoms with E-state index in [1.165, 1.54) is 0 Å². The van der Waals surface area contributed by atoms with Crippen molar-refractivity contribution in [3.05, 3.63) is 82.4 Å². The molecule has 6 nitrogen and oxygen atoms in total. The molecule has 4 aromatic rings. The van der Waals surface area contributed by atoms with Crippen molar-refractivity contribution < 1.29 is 23.2 Å². The minimum Gasteiger partial charge on any atom is -0.453 e. The molecular weight excluding hydrogens is 336 g/mol. The van der Waals surface area contributed by atoms with E-state index in [4.69, 9.17) is 13.6 Å². The lowest BCUT2D eigenvalue weighted by Crippen LogP contribution is -2.15. The molecule has 2 aromatic heterocycles. The standard InChI is InChI=1S/C20H12O6/c21-14-10-19(26-17-8-4-2-6-13(14)17)20(23)24-11-15(22)18-9-12-5-1-3-7-16(12)25-18/h1-10H,11H2. The van der Waals surface area contributed by atoms with E-state index in [-0.39, 0.29) is 22.5 Å². The molecule has 0 aliphatic heterocycles. The molecule has 26 heavy (non-hydrogen) atoms. The lowest BCUT2D eigenvalue weighted by atomic mass is 10.2. The zero-order valence-electron chi connectivity index (χ0n) is 13.4. The molecule has 0 aliphatic rings. The highest BCUT2D eigenvalue weighted by Crippen LogP contribution is 2.19. The van der Waals surface area contributed by atoms with Crippen LogP contribution in [0.4, 0.5) is 0 Å². The molecule has 0 unspecified atom stereocenters. The van der Waals surface area contributed by atoms with E-state index in [1.54, 1.807) is 42.5 Å². The van der Waals surface area contributed by atoms with Gasteiger partial charge in [0.15, 0.2) is 17.8 Å². The summed E-state index contributed by atoms with van der Waals surface area (Å²) < 4.78 is 15.8. The Labute approximate surface area is 146 Å². The molecular formula is C20H12O6. The lowest BCUT2D eigenvalue weighted by Gasteiger charge is -2.03. The molecule has 0 aliphatic carbocycles. The van der Waals surface area contributed by atoms with Crippen molar-refractivity contribution in [3.63, 3.8) is 0 Å². The summed E-state index contributed by atoms with van der Waals surface area (Å²) >= 11 is 0. The summed E-state index contributed by atoms with van der Waals surface area (Å²) in [6, 6.07) is 16.4. The van der Waals surface area contributed by atoms with Crippen molar-refractivity contribution >= 4 is 33.7 Å². The van der Waals surface area contributed by atoms with Gasteiger partial charge in [-0.15, -0.1) is 0 Å². The van der Waals surface area contributed by atoms with Crippen LogP contribution < -0.4 is 5.43 Å².